The maximum atomic E-state index is 13.1. The van der Waals surface area contributed by atoms with Crippen molar-refractivity contribution in [1.29, 1.82) is 0 Å². The van der Waals surface area contributed by atoms with E-state index in [0.29, 0.717) is 40.0 Å². The van der Waals surface area contributed by atoms with Gasteiger partial charge >= 0.3 is 5.97 Å². The van der Waals surface area contributed by atoms with E-state index in [1.807, 2.05) is 25.1 Å². The van der Waals surface area contributed by atoms with E-state index in [9.17, 15) is 19.5 Å². The molecule has 2 aromatic rings. The lowest BCUT2D eigenvalue weighted by atomic mass is 9.88. The van der Waals surface area contributed by atoms with Crippen molar-refractivity contribution >= 4 is 22.7 Å². The molecule has 5 heteroatoms. The van der Waals surface area contributed by atoms with Gasteiger partial charge in [-0.1, -0.05) is 64.2 Å². The molecule has 0 spiro atoms. The predicted molar refractivity (Wildman–Crippen MR) is 148 cm³/mol. The molecule has 1 aliphatic carbocycles. The van der Waals surface area contributed by atoms with Crippen molar-refractivity contribution in [3.8, 4) is 22.5 Å². The molecule has 0 unspecified atom stereocenters. The van der Waals surface area contributed by atoms with Gasteiger partial charge in [0, 0.05) is 34.6 Å². The third-order valence-corrected chi connectivity index (χ3v) is 6.88. The Morgan fingerprint density at radius 2 is 1.62 bits per heavy atom. The number of aryl methyl sites for hydroxylation is 1. The molecule has 0 atom stereocenters. The highest BCUT2D eigenvalue weighted by molar-refractivity contribution is 6.09. The molecule has 0 amide bonds. The number of Topliss-reactive ketones (excluding diaryl/α,β-unsaturated/α-hetero) is 1. The van der Waals surface area contributed by atoms with Crippen molar-refractivity contribution < 1.29 is 19.1 Å². The van der Waals surface area contributed by atoms with E-state index in [0.717, 1.165) is 36.1 Å². The summed E-state index contributed by atoms with van der Waals surface area (Å²) in [4.78, 5) is 37.4. The SMILES string of the molecule is Cc1ccc2c(-c3cc(C(=O)CCCCCCCC(C)C)ccc3C(=O)O)c3ccc(=O)cc-3oc2c1. The summed E-state index contributed by atoms with van der Waals surface area (Å²) in [5.41, 5.74) is 3.65. The number of ketones is 1. The zero-order chi connectivity index (χ0) is 26.5. The normalized spacial score (nSPS) is 11.5. The number of carboxylic acid groups (broad SMARTS) is 1. The third-order valence-electron chi connectivity index (χ3n) is 6.88. The monoisotopic (exact) mass is 498 g/mol. The van der Waals surface area contributed by atoms with Gasteiger partial charge in [-0.15, -0.1) is 0 Å². The first-order valence-electron chi connectivity index (χ1n) is 13.1. The summed E-state index contributed by atoms with van der Waals surface area (Å²) in [6.07, 6.45) is 7.03. The summed E-state index contributed by atoms with van der Waals surface area (Å²) in [6, 6.07) is 15.0. The van der Waals surface area contributed by atoms with Crippen LogP contribution in [0.15, 0.2) is 63.8 Å². The second-order valence-corrected chi connectivity index (χ2v) is 10.3. The number of aromatic carboxylic acids is 1. The van der Waals surface area contributed by atoms with Crippen molar-refractivity contribution in [3.05, 3.63) is 81.5 Å². The van der Waals surface area contributed by atoms with Gasteiger partial charge in [0.1, 0.15) is 11.3 Å². The number of carbonyl (C=O) groups is 2. The molecule has 2 aliphatic rings. The fourth-order valence-electron chi connectivity index (χ4n) is 4.89. The van der Waals surface area contributed by atoms with Crippen molar-refractivity contribution in [2.45, 2.75) is 65.7 Å². The first kappa shape index (κ1) is 26.3. The Hall–Kier alpha value is -3.73. The zero-order valence-corrected chi connectivity index (χ0v) is 21.8. The van der Waals surface area contributed by atoms with E-state index in [2.05, 4.69) is 13.8 Å². The molecule has 1 heterocycles. The standard InChI is InChI=1S/C32H34O5/c1-20(2)9-7-5-4-6-8-10-28(34)22-12-15-24(32(35)36)27(18-22)31-25-14-11-21(3)17-29(25)37-30-19-23(33)13-16-26(30)31/h11-20H,4-10H2,1-3H3,(H,35,36). The molecule has 0 aromatic heterocycles. The number of carboxylic acids is 1. The van der Waals surface area contributed by atoms with Gasteiger partial charge in [-0.05, 0) is 60.7 Å². The first-order chi connectivity index (χ1) is 17.7. The van der Waals surface area contributed by atoms with Gasteiger partial charge in [-0.3, -0.25) is 9.59 Å². The van der Waals surface area contributed by atoms with Crippen LogP contribution in [0.25, 0.3) is 33.4 Å². The number of fused-ring (bicyclic) bond motifs is 2. The Balaban J connectivity index is 1.69. The van der Waals surface area contributed by atoms with Crippen LogP contribution in [0.5, 0.6) is 0 Å². The Morgan fingerprint density at radius 1 is 0.865 bits per heavy atom. The Labute approximate surface area is 217 Å². The first-order valence-corrected chi connectivity index (χ1v) is 13.1. The van der Waals surface area contributed by atoms with Gasteiger partial charge in [-0.25, -0.2) is 4.79 Å². The molecule has 5 nitrogen and oxygen atoms in total. The topological polar surface area (TPSA) is 84.6 Å². The Bertz CT molecular complexity index is 1460. The number of unbranched alkanes of at least 4 members (excludes halogenated alkanes) is 4. The number of benzene rings is 3. The molecule has 192 valence electrons. The Kier molecular flexibility index (Phi) is 8.22. The van der Waals surface area contributed by atoms with Gasteiger partial charge in [0.05, 0.1) is 5.56 Å². The van der Waals surface area contributed by atoms with E-state index in [-0.39, 0.29) is 16.8 Å². The quantitative estimate of drug-likeness (QED) is 0.128. The molecule has 0 saturated heterocycles. The van der Waals surface area contributed by atoms with Crippen LogP contribution in [0.1, 0.15) is 85.1 Å². The summed E-state index contributed by atoms with van der Waals surface area (Å²) >= 11 is 0. The average Bonchev–Trinajstić information content (AvgIpc) is 2.85. The second-order valence-electron chi connectivity index (χ2n) is 10.3. The smallest absolute Gasteiger partial charge is 0.336 e. The zero-order valence-electron chi connectivity index (χ0n) is 21.8. The maximum absolute atomic E-state index is 13.1. The van der Waals surface area contributed by atoms with Crippen molar-refractivity contribution in [3.63, 3.8) is 0 Å². The van der Waals surface area contributed by atoms with E-state index in [1.54, 1.807) is 18.2 Å². The molecule has 0 fully saturated rings. The van der Waals surface area contributed by atoms with E-state index in [1.165, 1.54) is 37.5 Å². The predicted octanol–water partition coefficient (Wildman–Crippen LogP) is 8.14. The molecule has 0 bridgehead atoms. The summed E-state index contributed by atoms with van der Waals surface area (Å²) in [5.74, 6) is 0.0342. The number of hydrogen-bond acceptors (Lipinski definition) is 4. The average molecular weight is 499 g/mol. The van der Waals surface area contributed by atoms with Crippen LogP contribution in [0, 0.1) is 12.8 Å². The van der Waals surface area contributed by atoms with E-state index >= 15 is 0 Å². The maximum Gasteiger partial charge on any atom is 0.336 e. The van der Waals surface area contributed by atoms with Crippen LogP contribution in [-0.4, -0.2) is 16.9 Å². The molecular weight excluding hydrogens is 464 g/mol. The minimum absolute atomic E-state index is 0.00675. The lowest BCUT2D eigenvalue weighted by Crippen LogP contribution is -2.06. The molecule has 2 aromatic carbocycles. The highest BCUT2D eigenvalue weighted by atomic mass is 16.4. The molecule has 1 aliphatic heterocycles. The number of carbonyl (C=O) groups excluding carboxylic acids is 1. The molecule has 0 saturated carbocycles. The number of hydrogen-bond donors (Lipinski definition) is 1. The van der Waals surface area contributed by atoms with Gasteiger partial charge in [0.15, 0.2) is 11.2 Å². The minimum Gasteiger partial charge on any atom is -0.478 e. The van der Waals surface area contributed by atoms with Crippen molar-refractivity contribution in [2.75, 3.05) is 0 Å². The lowest BCUT2D eigenvalue weighted by molar-refractivity contribution is 0.0697. The van der Waals surface area contributed by atoms with Crippen LogP contribution in [0.4, 0.5) is 0 Å². The summed E-state index contributed by atoms with van der Waals surface area (Å²) < 4.78 is 6.04. The Morgan fingerprint density at radius 3 is 2.38 bits per heavy atom. The molecule has 0 radical (unpaired) electrons. The molecule has 1 N–H and O–H groups in total. The fraction of sp³-hybridized carbons (Fsp3) is 0.344. The summed E-state index contributed by atoms with van der Waals surface area (Å²) in [5, 5.41) is 10.7. The van der Waals surface area contributed by atoms with Crippen molar-refractivity contribution in [1.82, 2.24) is 0 Å². The third kappa shape index (κ3) is 6.16. The molecular formula is C32H34O5. The van der Waals surface area contributed by atoms with Gasteiger partial charge < -0.3 is 9.52 Å². The van der Waals surface area contributed by atoms with Crippen LogP contribution in [0.3, 0.4) is 0 Å². The largest absolute Gasteiger partial charge is 0.478 e. The minimum atomic E-state index is -1.08. The van der Waals surface area contributed by atoms with Gasteiger partial charge in [0.2, 0.25) is 0 Å². The highest BCUT2D eigenvalue weighted by Gasteiger charge is 2.23. The van der Waals surface area contributed by atoms with Crippen molar-refractivity contribution in [2.24, 2.45) is 5.92 Å². The van der Waals surface area contributed by atoms with Crippen LogP contribution >= 0.6 is 0 Å². The highest BCUT2D eigenvalue weighted by Crippen LogP contribution is 2.41. The van der Waals surface area contributed by atoms with E-state index in [4.69, 9.17) is 4.42 Å². The van der Waals surface area contributed by atoms with Crippen LogP contribution in [-0.2, 0) is 0 Å². The summed E-state index contributed by atoms with van der Waals surface area (Å²) in [6.45, 7) is 6.41. The molecule has 4 rings (SSSR count). The van der Waals surface area contributed by atoms with Crippen LogP contribution in [0.2, 0.25) is 0 Å². The van der Waals surface area contributed by atoms with Crippen LogP contribution < -0.4 is 5.43 Å². The summed E-state index contributed by atoms with van der Waals surface area (Å²) in [7, 11) is 0. The van der Waals surface area contributed by atoms with E-state index < -0.39 is 5.97 Å². The fourth-order valence-corrected chi connectivity index (χ4v) is 4.89. The lowest BCUT2D eigenvalue weighted by Gasteiger charge is -2.17. The van der Waals surface area contributed by atoms with Gasteiger partial charge in [0.25, 0.3) is 0 Å². The number of rotatable bonds is 11. The molecule has 37 heavy (non-hydrogen) atoms. The van der Waals surface area contributed by atoms with Gasteiger partial charge in [-0.2, -0.15) is 0 Å². The second kappa shape index (κ2) is 11.5.